The number of aromatic nitrogens is 4. The molecule has 0 aliphatic rings. The first-order chi connectivity index (χ1) is 15.8. The van der Waals surface area contributed by atoms with Crippen LogP contribution in [-0.4, -0.2) is 59.8 Å². The van der Waals surface area contributed by atoms with E-state index in [0.717, 1.165) is 11.8 Å². The van der Waals surface area contributed by atoms with Gasteiger partial charge in [-0.05, 0) is 17.4 Å². The number of thioether (sulfide) groups is 1. The molecule has 10 nitrogen and oxygen atoms in total. The predicted molar refractivity (Wildman–Crippen MR) is 126 cm³/mol. The van der Waals surface area contributed by atoms with Crippen molar-refractivity contribution >= 4 is 46.6 Å². The minimum absolute atomic E-state index is 0.308. The lowest BCUT2D eigenvalue weighted by molar-refractivity contribution is -0.115. The van der Waals surface area contributed by atoms with Gasteiger partial charge in [0.05, 0.1) is 49.4 Å². The van der Waals surface area contributed by atoms with Crippen LogP contribution in [0.4, 0.5) is 5.69 Å². The van der Waals surface area contributed by atoms with Gasteiger partial charge in [-0.25, -0.2) is 0 Å². The lowest BCUT2D eigenvalue weighted by Gasteiger charge is -2.16. The number of tetrazole rings is 1. The first-order valence-corrected chi connectivity index (χ1v) is 11.1. The summed E-state index contributed by atoms with van der Waals surface area (Å²) >= 11 is 13.5. The van der Waals surface area contributed by atoms with Gasteiger partial charge in [-0.3, -0.25) is 4.79 Å². The third-order valence-corrected chi connectivity index (χ3v) is 6.13. The number of hydrogen-bond acceptors (Lipinski definition) is 9. The highest BCUT2D eigenvalue weighted by molar-refractivity contribution is 8.00. The van der Waals surface area contributed by atoms with Crippen LogP contribution in [0.3, 0.4) is 0 Å². The molecule has 0 saturated carbocycles. The van der Waals surface area contributed by atoms with E-state index < -0.39 is 5.25 Å². The van der Waals surface area contributed by atoms with Crippen LogP contribution < -0.4 is 24.3 Å². The van der Waals surface area contributed by atoms with Crippen molar-refractivity contribution in [2.75, 3.05) is 33.8 Å². The van der Waals surface area contributed by atoms with E-state index in [4.69, 9.17) is 42.1 Å². The minimum Gasteiger partial charge on any atom is -0.495 e. The number of halogens is 2. The quantitative estimate of drug-likeness (QED) is 0.422. The van der Waals surface area contributed by atoms with Crippen molar-refractivity contribution in [1.29, 1.82) is 0 Å². The first-order valence-electron chi connectivity index (χ1n) is 9.42. The van der Waals surface area contributed by atoms with Crippen molar-refractivity contribution in [3.05, 3.63) is 34.3 Å². The van der Waals surface area contributed by atoms with E-state index in [0.29, 0.717) is 49.6 Å². The predicted octanol–water partition coefficient (Wildman–Crippen LogP) is 4.12. The molecular formula is C20H21Cl2N5O5S. The summed E-state index contributed by atoms with van der Waals surface area (Å²) in [5.41, 5.74) is 0.919. The molecule has 0 unspecified atom stereocenters. The van der Waals surface area contributed by atoms with Gasteiger partial charge in [-0.15, -0.1) is 5.10 Å². The third kappa shape index (κ3) is 5.37. The molecule has 0 fully saturated rings. The van der Waals surface area contributed by atoms with Crippen LogP contribution >= 0.6 is 35.0 Å². The van der Waals surface area contributed by atoms with Gasteiger partial charge in [0.25, 0.3) is 0 Å². The lowest BCUT2D eigenvalue weighted by Crippen LogP contribution is -2.23. The number of methoxy groups -OCH3 is 4. The van der Waals surface area contributed by atoms with E-state index in [2.05, 4.69) is 20.8 Å². The van der Waals surface area contributed by atoms with Crippen LogP contribution in [0, 0.1) is 0 Å². The van der Waals surface area contributed by atoms with Crippen molar-refractivity contribution in [2.45, 2.75) is 17.3 Å². The summed E-state index contributed by atoms with van der Waals surface area (Å²) < 4.78 is 22.7. The average molecular weight is 514 g/mol. The van der Waals surface area contributed by atoms with E-state index in [1.165, 1.54) is 33.1 Å². The number of ether oxygens (including phenoxy) is 4. The summed E-state index contributed by atoms with van der Waals surface area (Å²) in [6, 6.07) is 6.40. The number of benzene rings is 2. The number of amides is 1. The molecule has 1 heterocycles. The highest BCUT2D eigenvalue weighted by Crippen LogP contribution is 2.38. The smallest absolute Gasteiger partial charge is 0.237 e. The van der Waals surface area contributed by atoms with Crippen LogP contribution in [0.1, 0.15) is 6.92 Å². The van der Waals surface area contributed by atoms with Crippen molar-refractivity contribution in [1.82, 2.24) is 20.2 Å². The maximum atomic E-state index is 12.9. The van der Waals surface area contributed by atoms with Crippen LogP contribution in [0.2, 0.25) is 10.0 Å². The SMILES string of the molecule is COc1cc(NC(=O)[C@@H](C)Sc2nnnn2-c2cc(OC)c(Cl)cc2OC)c(OC)cc1Cl. The Labute approximate surface area is 204 Å². The number of carbonyl (C=O) groups excluding carboxylic acids is 1. The second-order valence-electron chi connectivity index (χ2n) is 6.47. The number of anilines is 1. The molecule has 0 saturated heterocycles. The van der Waals surface area contributed by atoms with Crippen molar-refractivity contribution in [3.63, 3.8) is 0 Å². The van der Waals surface area contributed by atoms with Crippen molar-refractivity contribution < 1.29 is 23.7 Å². The van der Waals surface area contributed by atoms with E-state index in [-0.39, 0.29) is 5.91 Å². The molecule has 33 heavy (non-hydrogen) atoms. The van der Waals surface area contributed by atoms with E-state index in [1.54, 1.807) is 31.2 Å². The molecule has 3 aromatic rings. The van der Waals surface area contributed by atoms with Crippen LogP contribution in [0.25, 0.3) is 5.69 Å². The number of nitrogens with one attached hydrogen (secondary N) is 1. The molecule has 0 bridgehead atoms. The second-order valence-corrected chi connectivity index (χ2v) is 8.59. The van der Waals surface area contributed by atoms with Crippen molar-refractivity contribution in [3.8, 4) is 28.7 Å². The summed E-state index contributed by atoms with van der Waals surface area (Å²) in [4.78, 5) is 12.9. The maximum absolute atomic E-state index is 12.9. The molecule has 0 radical (unpaired) electrons. The summed E-state index contributed by atoms with van der Waals surface area (Å²) in [5.74, 6) is 1.35. The van der Waals surface area contributed by atoms with E-state index in [1.807, 2.05) is 0 Å². The van der Waals surface area contributed by atoms with Gasteiger partial charge < -0.3 is 24.3 Å². The molecule has 176 valence electrons. The molecule has 1 amide bonds. The Bertz CT molecular complexity index is 1160. The zero-order valence-electron chi connectivity index (χ0n) is 18.4. The highest BCUT2D eigenvalue weighted by atomic mass is 35.5. The average Bonchev–Trinajstić information content (AvgIpc) is 3.27. The Hall–Kier alpha value is -2.89. The first kappa shape index (κ1) is 24.7. The van der Waals surface area contributed by atoms with Gasteiger partial charge >= 0.3 is 0 Å². The second kappa shape index (κ2) is 10.8. The fraction of sp³-hybridized carbons (Fsp3) is 0.300. The number of carbonyl (C=O) groups is 1. The number of nitrogens with zero attached hydrogens (tertiary/aromatic N) is 4. The van der Waals surface area contributed by atoms with Gasteiger partial charge in [0.15, 0.2) is 0 Å². The van der Waals surface area contributed by atoms with Gasteiger partial charge in [0, 0.05) is 24.3 Å². The lowest BCUT2D eigenvalue weighted by atomic mass is 10.2. The largest absolute Gasteiger partial charge is 0.495 e. The summed E-state index contributed by atoms with van der Waals surface area (Å²) in [5, 5.41) is 15.1. The molecule has 0 aliphatic heterocycles. The van der Waals surface area contributed by atoms with Gasteiger partial charge in [-0.1, -0.05) is 35.0 Å². The zero-order chi connectivity index (χ0) is 24.1. The normalized spacial score (nSPS) is 11.6. The van der Waals surface area contributed by atoms with Gasteiger partial charge in [0.2, 0.25) is 11.1 Å². The zero-order valence-corrected chi connectivity index (χ0v) is 20.7. The summed E-state index contributed by atoms with van der Waals surface area (Å²) in [6.07, 6.45) is 0. The number of rotatable bonds is 9. The third-order valence-electron chi connectivity index (χ3n) is 4.51. The molecule has 13 heteroatoms. The molecule has 2 aromatic carbocycles. The molecule has 1 aromatic heterocycles. The Morgan fingerprint density at radius 2 is 1.52 bits per heavy atom. The molecule has 0 spiro atoms. The van der Waals surface area contributed by atoms with Crippen LogP contribution in [-0.2, 0) is 4.79 Å². The fourth-order valence-electron chi connectivity index (χ4n) is 2.82. The van der Waals surface area contributed by atoms with Crippen molar-refractivity contribution in [2.24, 2.45) is 0 Å². The van der Waals surface area contributed by atoms with E-state index >= 15 is 0 Å². The van der Waals surface area contributed by atoms with Crippen LogP contribution in [0.15, 0.2) is 29.4 Å². The van der Waals surface area contributed by atoms with Gasteiger partial charge in [-0.2, -0.15) is 4.68 Å². The standard InChI is InChI=1S/C20H21Cl2N5O5S/c1-10(19(28)23-13-8-15(29-2)11(21)6-17(13)31-4)33-20-24-25-26-27(20)14-9-16(30-3)12(22)7-18(14)32-5/h6-10H,1-5H3,(H,23,28)/t10-/m1/s1. The maximum Gasteiger partial charge on any atom is 0.237 e. The molecular weight excluding hydrogens is 493 g/mol. The molecule has 0 aliphatic carbocycles. The summed E-state index contributed by atoms with van der Waals surface area (Å²) in [6.45, 7) is 1.72. The summed E-state index contributed by atoms with van der Waals surface area (Å²) in [7, 11) is 5.97. The molecule has 1 atom stereocenters. The molecule has 3 rings (SSSR count). The van der Waals surface area contributed by atoms with Crippen LogP contribution in [0.5, 0.6) is 23.0 Å². The Morgan fingerprint density at radius 1 is 0.939 bits per heavy atom. The van der Waals surface area contributed by atoms with Gasteiger partial charge in [0.1, 0.15) is 28.7 Å². The van der Waals surface area contributed by atoms with E-state index in [9.17, 15) is 4.79 Å². The topological polar surface area (TPSA) is 110 Å². The Morgan fingerprint density at radius 3 is 2.12 bits per heavy atom. The molecule has 1 N–H and O–H groups in total. The Kier molecular flexibility index (Phi) is 8.11. The monoisotopic (exact) mass is 513 g/mol. The minimum atomic E-state index is -0.582. The highest BCUT2D eigenvalue weighted by Gasteiger charge is 2.23. The number of hydrogen-bond donors (Lipinski definition) is 1. The Balaban J connectivity index is 1.84. The fourth-order valence-corrected chi connectivity index (χ4v) is 4.08.